The van der Waals surface area contributed by atoms with Crippen molar-refractivity contribution in [3.63, 3.8) is 0 Å². The number of ether oxygens (including phenoxy) is 1. The summed E-state index contributed by atoms with van der Waals surface area (Å²) in [7, 11) is 1.62. The van der Waals surface area contributed by atoms with E-state index in [0.717, 1.165) is 17.0 Å². The average Bonchev–Trinajstić information content (AvgIpc) is 2.74. The summed E-state index contributed by atoms with van der Waals surface area (Å²) in [5.41, 5.74) is 2.35. The Morgan fingerprint density at radius 2 is 1.89 bits per heavy atom. The molecule has 0 N–H and O–H groups in total. The van der Waals surface area contributed by atoms with Gasteiger partial charge in [-0.1, -0.05) is 23.9 Å². The quantitative estimate of drug-likeness (QED) is 0.785. The third-order valence-corrected chi connectivity index (χ3v) is 6.16. The van der Waals surface area contributed by atoms with Gasteiger partial charge in [0.2, 0.25) is 5.91 Å². The summed E-state index contributed by atoms with van der Waals surface area (Å²) in [5.74, 6) is 0.712. The first-order valence-electron chi connectivity index (χ1n) is 8.82. The number of amides is 1. The van der Waals surface area contributed by atoms with E-state index in [-0.39, 0.29) is 24.1 Å². The molecule has 0 radical (unpaired) electrons. The van der Waals surface area contributed by atoms with Gasteiger partial charge in [-0.25, -0.2) is 4.39 Å². The molecule has 2 aromatic rings. The van der Waals surface area contributed by atoms with Crippen LogP contribution in [0.1, 0.15) is 17.9 Å². The lowest BCUT2D eigenvalue weighted by Gasteiger charge is -2.42. The molecule has 0 spiro atoms. The van der Waals surface area contributed by atoms with Crippen molar-refractivity contribution in [1.82, 2.24) is 4.90 Å². The van der Waals surface area contributed by atoms with Gasteiger partial charge in [0.15, 0.2) is 0 Å². The zero-order valence-corrected chi connectivity index (χ0v) is 16.1. The van der Waals surface area contributed by atoms with Gasteiger partial charge in [-0.05, 0) is 42.0 Å². The van der Waals surface area contributed by atoms with Crippen molar-refractivity contribution in [3.8, 4) is 11.8 Å². The number of fused-ring (bicyclic) bond motifs is 1. The van der Waals surface area contributed by atoms with E-state index in [9.17, 15) is 14.4 Å². The number of hydrogen-bond donors (Lipinski definition) is 0. The van der Waals surface area contributed by atoms with E-state index in [1.165, 1.54) is 23.9 Å². The summed E-state index contributed by atoms with van der Waals surface area (Å²) >= 11 is 1.48. The van der Waals surface area contributed by atoms with Gasteiger partial charge in [-0.3, -0.25) is 9.69 Å². The first-order chi connectivity index (χ1) is 13.6. The summed E-state index contributed by atoms with van der Waals surface area (Å²) in [4.78, 5) is 16.6. The predicted octanol–water partition coefficient (Wildman–Crippen LogP) is 4.05. The molecule has 1 unspecified atom stereocenters. The smallest absolute Gasteiger partial charge is 0.229 e. The molecule has 0 aromatic heterocycles. The van der Waals surface area contributed by atoms with E-state index in [1.54, 1.807) is 24.1 Å². The van der Waals surface area contributed by atoms with Gasteiger partial charge >= 0.3 is 0 Å². The first-order valence-corrected chi connectivity index (χ1v) is 9.81. The van der Waals surface area contributed by atoms with Gasteiger partial charge in [-0.15, -0.1) is 0 Å². The van der Waals surface area contributed by atoms with Gasteiger partial charge in [0.25, 0.3) is 0 Å². The number of rotatable bonds is 3. The second kappa shape index (κ2) is 7.56. The molecule has 1 fully saturated rings. The molecule has 2 heterocycles. The standard InChI is InChI=1S/C21H18FN3O2S/c1-27-17-8-6-16(7-9-17)24-12-25-20(26)10-18(14-2-4-15(22)5-3-14)19(11-23)21(25)28-13-24/h2-9,18H,10,12-13H2,1H3. The molecule has 0 saturated carbocycles. The van der Waals surface area contributed by atoms with Crippen LogP contribution in [0.15, 0.2) is 59.1 Å². The lowest BCUT2D eigenvalue weighted by molar-refractivity contribution is -0.129. The highest BCUT2D eigenvalue weighted by Crippen LogP contribution is 2.43. The number of thioether (sulfide) groups is 1. The molecule has 2 aliphatic rings. The molecular weight excluding hydrogens is 377 g/mol. The zero-order valence-electron chi connectivity index (χ0n) is 15.3. The number of anilines is 1. The second-order valence-corrected chi connectivity index (χ2v) is 7.55. The largest absolute Gasteiger partial charge is 0.497 e. The summed E-state index contributed by atoms with van der Waals surface area (Å²) in [6.07, 6.45) is 0.203. The fourth-order valence-corrected chi connectivity index (χ4v) is 4.67. The minimum atomic E-state index is -0.333. The molecule has 2 aromatic carbocycles. The van der Waals surface area contributed by atoms with Gasteiger partial charge in [0, 0.05) is 18.0 Å². The van der Waals surface area contributed by atoms with Crippen molar-refractivity contribution in [2.75, 3.05) is 24.6 Å². The van der Waals surface area contributed by atoms with Crippen LogP contribution in [0.5, 0.6) is 5.75 Å². The number of nitriles is 1. The van der Waals surface area contributed by atoms with Crippen LogP contribution in [-0.4, -0.2) is 30.5 Å². The molecule has 5 nitrogen and oxygen atoms in total. The summed E-state index contributed by atoms with van der Waals surface area (Å²) in [6, 6.07) is 16.0. The Bertz CT molecular complexity index is 967. The number of carbonyl (C=O) groups is 1. The van der Waals surface area contributed by atoms with Crippen LogP contribution in [0.25, 0.3) is 0 Å². The van der Waals surface area contributed by atoms with Crippen LogP contribution in [0.2, 0.25) is 0 Å². The van der Waals surface area contributed by atoms with Crippen molar-refractivity contribution in [1.29, 1.82) is 5.26 Å². The van der Waals surface area contributed by atoms with E-state index in [0.29, 0.717) is 23.1 Å². The molecule has 1 saturated heterocycles. The highest BCUT2D eigenvalue weighted by Gasteiger charge is 2.38. The molecule has 1 atom stereocenters. The Hall–Kier alpha value is -2.98. The number of allylic oxidation sites excluding steroid dienone is 1. The second-order valence-electron chi connectivity index (χ2n) is 6.61. The molecule has 0 aliphatic carbocycles. The maximum atomic E-state index is 13.3. The zero-order chi connectivity index (χ0) is 19.7. The number of benzene rings is 2. The van der Waals surface area contributed by atoms with Gasteiger partial charge < -0.3 is 9.64 Å². The molecule has 0 bridgehead atoms. The van der Waals surface area contributed by atoms with E-state index < -0.39 is 0 Å². The van der Waals surface area contributed by atoms with E-state index >= 15 is 0 Å². The Labute approximate surface area is 167 Å². The van der Waals surface area contributed by atoms with Crippen molar-refractivity contribution in [2.45, 2.75) is 12.3 Å². The van der Waals surface area contributed by atoms with E-state index in [2.05, 4.69) is 11.0 Å². The fourth-order valence-electron chi connectivity index (χ4n) is 3.50. The molecule has 1 amide bonds. The van der Waals surface area contributed by atoms with Crippen LogP contribution in [0.4, 0.5) is 10.1 Å². The van der Waals surface area contributed by atoms with Crippen LogP contribution in [0.3, 0.4) is 0 Å². The molecule has 4 rings (SSSR count). The predicted molar refractivity (Wildman–Crippen MR) is 106 cm³/mol. The maximum Gasteiger partial charge on any atom is 0.229 e. The molecule has 2 aliphatic heterocycles. The first kappa shape index (κ1) is 18.4. The average molecular weight is 395 g/mol. The third kappa shape index (κ3) is 3.32. The van der Waals surface area contributed by atoms with Gasteiger partial charge in [0.1, 0.15) is 11.6 Å². The number of nitrogens with zero attached hydrogens (tertiary/aromatic N) is 3. The summed E-state index contributed by atoms with van der Waals surface area (Å²) in [5, 5.41) is 10.5. The minimum absolute atomic E-state index is 0.0333. The van der Waals surface area contributed by atoms with Gasteiger partial charge in [0.05, 0.1) is 36.3 Å². The SMILES string of the molecule is COc1ccc(N2CSC3=C(C#N)C(c4ccc(F)cc4)CC(=O)N3C2)cc1. The number of hydrogen-bond acceptors (Lipinski definition) is 5. The van der Waals surface area contributed by atoms with Crippen LogP contribution >= 0.6 is 11.8 Å². The lowest BCUT2D eigenvalue weighted by atomic mass is 9.86. The number of halogens is 1. The molecule has 7 heteroatoms. The van der Waals surface area contributed by atoms with Crippen LogP contribution < -0.4 is 9.64 Å². The minimum Gasteiger partial charge on any atom is -0.497 e. The Balaban J connectivity index is 1.62. The fraction of sp³-hybridized carbons (Fsp3) is 0.238. The van der Waals surface area contributed by atoms with Gasteiger partial charge in [-0.2, -0.15) is 5.26 Å². The molecular formula is C21H18FN3O2S. The van der Waals surface area contributed by atoms with E-state index in [4.69, 9.17) is 4.74 Å². The van der Waals surface area contributed by atoms with Crippen molar-refractivity contribution in [3.05, 3.63) is 70.5 Å². The summed E-state index contributed by atoms with van der Waals surface area (Å²) in [6.45, 7) is 0.398. The topological polar surface area (TPSA) is 56.6 Å². The monoisotopic (exact) mass is 395 g/mol. The normalized spacial score (nSPS) is 19.3. The van der Waals surface area contributed by atoms with Crippen molar-refractivity contribution >= 4 is 23.4 Å². The maximum absolute atomic E-state index is 13.3. The Kier molecular flexibility index (Phi) is 4.97. The highest BCUT2D eigenvalue weighted by molar-refractivity contribution is 8.03. The summed E-state index contributed by atoms with van der Waals surface area (Å²) < 4.78 is 18.5. The highest BCUT2D eigenvalue weighted by atomic mass is 32.2. The number of carbonyl (C=O) groups excluding carboxylic acids is 1. The molecule has 28 heavy (non-hydrogen) atoms. The van der Waals surface area contributed by atoms with Crippen molar-refractivity contribution < 1.29 is 13.9 Å². The molecule has 142 valence electrons. The van der Waals surface area contributed by atoms with E-state index in [1.807, 2.05) is 24.3 Å². The Morgan fingerprint density at radius 3 is 2.54 bits per heavy atom. The van der Waals surface area contributed by atoms with Crippen LogP contribution in [0, 0.1) is 17.1 Å². The Morgan fingerprint density at radius 1 is 1.18 bits per heavy atom. The number of methoxy groups -OCH3 is 1. The van der Waals surface area contributed by atoms with Crippen molar-refractivity contribution in [2.24, 2.45) is 0 Å². The van der Waals surface area contributed by atoms with Crippen LogP contribution in [-0.2, 0) is 4.79 Å². The third-order valence-electron chi connectivity index (χ3n) is 5.00. The lowest BCUT2D eigenvalue weighted by Crippen LogP contribution is -2.47.